The van der Waals surface area contributed by atoms with Crippen LogP contribution in [0.15, 0.2) is 24.3 Å². The van der Waals surface area contributed by atoms with E-state index in [-0.39, 0.29) is 11.3 Å². The summed E-state index contributed by atoms with van der Waals surface area (Å²) in [5.74, 6) is -0.584. The van der Waals surface area contributed by atoms with Gasteiger partial charge in [0.25, 0.3) is 0 Å². The first-order chi connectivity index (χ1) is 9.42. The molecule has 1 aromatic rings. The van der Waals surface area contributed by atoms with Gasteiger partial charge in [-0.3, -0.25) is 4.79 Å². The molecule has 110 valence electrons. The Labute approximate surface area is 120 Å². The van der Waals surface area contributed by atoms with Crippen LogP contribution in [0.5, 0.6) is 5.75 Å². The average Bonchev–Trinajstić information content (AvgIpc) is 2.47. The first-order valence-electron chi connectivity index (χ1n) is 6.81. The summed E-state index contributed by atoms with van der Waals surface area (Å²) in [7, 11) is 1.63. The van der Waals surface area contributed by atoms with Gasteiger partial charge in [0.05, 0.1) is 20.3 Å². The minimum atomic E-state index is -1.19. The van der Waals surface area contributed by atoms with E-state index < -0.39 is 5.79 Å². The first kappa shape index (κ1) is 15.0. The van der Waals surface area contributed by atoms with Crippen LogP contribution in [-0.4, -0.2) is 32.4 Å². The zero-order chi connectivity index (χ0) is 14.8. The van der Waals surface area contributed by atoms with Gasteiger partial charge in [-0.25, -0.2) is 0 Å². The molecule has 1 aliphatic heterocycles. The van der Waals surface area contributed by atoms with E-state index in [4.69, 9.17) is 14.2 Å². The number of hydrogen-bond acceptors (Lipinski definition) is 4. The second kappa shape index (κ2) is 5.54. The Balaban J connectivity index is 2.20. The second-order valence-corrected chi connectivity index (χ2v) is 6.08. The Kier molecular flexibility index (Phi) is 4.16. The molecular formula is C16H22O4. The molecule has 20 heavy (non-hydrogen) atoms. The lowest BCUT2D eigenvalue weighted by Crippen LogP contribution is -2.51. The summed E-state index contributed by atoms with van der Waals surface area (Å²) in [5, 5.41) is 0. The van der Waals surface area contributed by atoms with E-state index in [0.29, 0.717) is 13.2 Å². The number of hydrogen-bond donors (Lipinski definition) is 0. The monoisotopic (exact) mass is 278 g/mol. The molecule has 0 N–H and O–H groups in total. The van der Waals surface area contributed by atoms with Crippen molar-refractivity contribution >= 4 is 6.29 Å². The molecule has 4 heteroatoms. The van der Waals surface area contributed by atoms with Crippen LogP contribution in [0.3, 0.4) is 0 Å². The predicted octanol–water partition coefficient (Wildman–Crippen LogP) is 2.77. The van der Waals surface area contributed by atoms with Crippen molar-refractivity contribution in [2.45, 2.75) is 32.5 Å². The van der Waals surface area contributed by atoms with Gasteiger partial charge in [0.2, 0.25) is 5.79 Å². The van der Waals surface area contributed by atoms with E-state index in [0.717, 1.165) is 17.6 Å². The Bertz CT molecular complexity index is 454. The molecule has 0 bridgehead atoms. The summed E-state index contributed by atoms with van der Waals surface area (Å²) in [6.45, 7) is 7.06. The maximum atomic E-state index is 11.6. The normalized spacial score (nSPS) is 22.0. The molecule has 0 radical (unpaired) electrons. The minimum absolute atomic E-state index is 0.0634. The van der Waals surface area contributed by atoms with Gasteiger partial charge in [-0.15, -0.1) is 0 Å². The molecule has 1 fully saturated rings. The SMILES string of the molecule is COc1ccc([C@H](C)C2(C=O)OCC(C)(C)CO2)cc1. The van der Waals surface area contributed by atoms with Crippen molar-refractivity contribution < 1.29 is 19.0 Å². The van der Waals surface area contributed by atoms with E-state index in [2.05, 4.69) is 13.8 Å². The van der Waals surface area contributed by atoms with E-state index in [9.17, 15) is 4.79 Å². The number of carbonyl (C=O) groups is 1. The van der Waals surface area contributed by atoms with E-state index in [1.54, 1.807) is 7.11 Å². The van der Waals surface area contributed by atoms with E-state index >= 15 is 0 Å². The molecule has 4 nitrogen and oxygen atoms in total. The Morgan fingerprint density at radius 1 is 1.20 bits per heavy atom. The maximum absolute atomic E-state index is 11.6. The average molecular weight is 278 g/mol. The van der Waals surface area contributed by atoms with Gasteiger partial charge in [0.1, 0.15) is 5.75 Å². The fourth-order valence-electron chi connectivity index (χ4n) is 2.24. The highest BCUT2D eigenvalue weighted by atomic mass is 16.7. The third kappa shape index (κ3) is 2.86. The zero-order valence-corrected chi connectivity index (χ0v) is 12.5. The summed E-state index contributed by atoms with van der Waals surface area (Å²) < 4.78 is 16.7. The van der Waals surface area contributed by atoms with Crippen LogP contribution in [0.4, 0.5) is 0 Å². The van der Waals surface area contributed by atoms with Crippen LogP contribution in [0, 0.1) is 5.41 Å². The van der Waals surface area contributed by atoms with Crippen LogP contribution in [0.2, 0.25) is 0 Å². The van der Waals surface area contributed by atoms with Crippen molar-refractivity contribution in [2.24, 2.45) is 5.41 Å². The zero-order valence-electron chi connectivity index (χ0n) is 12.5. The predicted molar refractivity (Wildman–Crippen MR) is 75.9 cm³/mol. The summed E-state index contributed by atoms with van der Waals surface area (Å²) in [6.07, 6.45) is 0.775. The first-order valence-corrected chi connectivity index (χ1v) is 6.81. The Hall–Kier alpha value is -1.39. The van der Waals surface area contributed by atoms with Crippen LogP contribution in [0.25, 0.3) is 0 Å². The molecule has 0 spiro atoms. The van der Waals surface area contributed by atoms with E-state index in [1.807, 2.05) is 31.2 Å². The summed E-state index contributed by atoms with van der Waals surface area (Å²) >= 11 is 0. The minimum Gasteiger partial charge on any atom is -0.497 e. The van der Waals surface area contributed by atoms with Crippen LogP contribution in [0.1, 0.15) is 32.3 Å². The largest absolute Gasteiger partial charge is 0.497 e. The molecule has 1 heterocycles. The highest BCUT2D eigenvalue weighted by molar-refractivity contribution is 5.63. The summed E-state index contributed by atoms with van der Waals surface area (Å²) in [5.41, 5.74) is 0.921. The van der Waals surface area contributed by atoms with E-state index in [1.165, 1.54) is 0 Å². The number of ether oxygens (including phenoxy) is 3. The number of aldehydes is 1. The smallest absolute Gasteiger partial charge is 0.232 e. The van der Waals surface area contributed by atoms with Crippen molar-refractivity contribution in [3.05, 3.63) is 29.8 Å². The molecule has 1 atom stereocenters. The molecular weight excluding hydrogens is 256 g/mol. The lowest BCUT2D eigenvalue weighted by Gasteiger charge is -2.43. The highest BCUT2D eigenvalue weighted by Gasteiger charge is 2.45. The van der Waals surface area contributed by atoms with Gasteiger partial charge in [-0.05, 0) is 17.7 Å². The van der Waals surface area contributed by atoms with Crippen molar-refractivity contribution in [2.75, 3.05) is 20.3 Å². The topological polar surface area (TPSA) is 44.8 Å². The molecule has 0 aliphatic carbocycles. The number of carbonyl (C=O) groups excluding carboxylic acids is 1. The lowest BCUT2D eigenvalue weighted by molar-refractivity contribution is -0.283. The number of methoxy groups -OCH3 is 1. The molecule has 0 saturated carbocycles. The quantitative estimate of drug-likeness (QED) is 0.794. The summed E-state index contributed by atoms with van der Waals surface area (Å²) in [6, 6.07) is 7.61. The number of benzene rings is 1. The molecule has 1 aliphatic rings. The van der Waals surface area contributed by atoms with Crippen molar-refractivity contribution in [1.82, 2.24) is 0 Å². The van der Waals surface area contributed by atoms with Gasteiger partial charge in [-0.2, -0.15) is 0 Å². The standard InChI is InChI=1S/C16H22O4/c1-12(13-5-7-14(18-4)8-6-13)16(9-17)19-10-15(2,3)11-20-16/h5-9,12H,10-11H2,1-4H3/t12-/m0/s1. The molecule has 1 aromatic carbocycles. The van der Waals surface area contributed by atoms with Crippen molar-refractivity contribution in [3.63, 3.8) is 0 Å². The highest BCUT2D eigenvalue weighted by Crippen LogP contribution is 2.38. The van der Waals surface area contributed by atoms with Gasteiger partial charge in [0, 0.05) is 11.3 Å². The molecule has 0 unspecified atom stereocenters. The van der Waals surface area contributed by atoms with Crippen molar-refractivity contribution in [1.29, 1.82) is 0 Å². The van der Waals surface area contributed by atoms with Gasteiger partial charge in [0.15, 0.2) is 6.29 Å². The third-order valence-corrected chi connectivity index (χ3v) is 3.76. The third-order valence-electron chi connectivity index (χ3n) is 3.76. The molecule has 0 amide bonds. The molecule has 0 aromatic heterocycles. The van der Waals surface area contributed by atoms with Gasteiger partial charge in [-0.1, -0.05) is 32.9 Å². The summed E-state index contributed by atoms with van der Waals surface area (Å²) in [4.78, 5) is 11.6. The Morgan fingerprint density at radius 2 is 1.75 bits per heavy atom. The lowest BCUT2D eigenvalue weighted by atomic mass is 9.89. The van der Waals surface area contributed by atoms with Crippen LogP contribution < -0.4 is 4.74 Å². The van der Waals surface area contributed by atoms with Crippen LogP contribution in [-0.2, 0) is 14.3 Å². The van der Waals surface area contributed by atoms with Gasteiger partial charge >= 0.3 is 0 Å². The fraction of sp³-hybridized carbons (Fsp3) is 0.562. The van der Waals surface area contributed by atoms with Crippen molar-refractivity contribution in [3.8, 4) is 5.75 Å². The number of rotatable bonds is 4. The molecule has 1 saturated heterocycles. The Morgan fingerprint density at radius 3 is 2.20 bits per heavy atom. The van der Waals surface area contributed by atoms with Gasteiger partial charge < -0.3 is 14.2 Å². The fourth-order valence-corrected chi connectivity index (χ4v) is 2.24. The maximum Gasteiger partial charge on any atom is 0.232 e. The van der Waals surface area contributed by atoms with Crippen LogP contribution >= 0.6 is 0 Å². The second-order valence-electron chi connectivity index (χ2n) is 6.08. The molecule has 2 rings (SSSR count).